The molecule has 1 aromatic carbocycles. The predicted octanol–water partition coefficient (Wildman–Crippen LogP) is 1.65. The first-order valence-electron chi connectivity index (χ1n) is 4.60. The van der Waals surface area contributed by atoms with Crippen LogP contribution < -0.4 is 5.32 Å². The van der Waals surface area contributed by atoms with Crippen molar-refractivity contribution in [3.8, 4) is 0 Å². The number of halogens is 1. The summed E-state index contributed by atoms with van der Waals surface area (Å²) in [6.07, 6.45) is 0. The topological polar surface area (TPSA) is 38.1 Å². The molecule has 0 aliphatic carbocycles. The summed E-state index contributed by atoms with van der Waals surface area (Å²) in [7, 11) is 0. The van der Waals surface area contributed by atoms with Gasteiger partial charge < -0.3 is 9.84 Å². The van der Waals surface area contributed by atoms with E-state index in [1.165, 1.54) is 12.1 Å². The van der Waals surface area contributed by atoms with E-state index < -0.39 is 0 Å². The van der Waals surface area contributed by atoms with Gasteiger partial charge in [0.2, 0.25) is 0 Å². The molecule has 0 amide bonds. The first-order valence-corrected chi connectivity index (χ1v) is 4.60. The van der Waals surface area contributed by atoms with E-state index in [1.54, 1.807) is 6.07 Å². The van der Waals surface area contributed by atoms with Crippen LogP contribution in [-0.4, -0.2) is 18.2 Å². The highest BCUT2D eigenvalue weighted by Gasteiger charge is 2.24. The molecular formula is C10H9FN2O. The third-order valence-corrected chi connectivity index (χ3v) is 2.63. The number of hydrogen-bond donors (Lipinski definition) is 1. The summed E-state index contributed by atoms with van der Waals surface area (Å²) >= 11 is 0. The van der Waals surface area contributed by atoms with Gasteiger partial charge in [0.05, 0.1) is 5.69 Å². The van der Waals surface area contributed by atoms with Crippen LogP contribution in [-0.2, 0) is 0 Å². The van der Waals surface area contributed by atoms with Crippen molar-refractivity contribution in [2.24, 2.45) is 0 Å². The van der Waals surface area contributed by atoms with Crippen LogP contribution in [0.4, 0.5) is 4.39 Å². The molecule has 1 fully saturated rings. The number of aromatic nitrogens is 1. The van der Waals surface area contributed by atoms with Crippen LogP contribution in [0.2, 0.25) is 0 Å². The van der Waals surface area contributed by atoms with Gasteiger partial charge in [-0.3, -0.25) is 0 Å². The summed E-state index contributed by atoms with van der Waals surface area (Å²) in [5, 5.41) is 8.08. The Kier molecular flexibility index (Phi) is 1.58. The van der Waals surface area contributed by atoms with E-state index in [4.69, 9.17) is 4.52 Å². The Morgan fingerprint density at radius 3 is 3.00 bits per heavy atom. The Bertz CT molecular complexity index is 476. The summed E-state index contributed by atoms with van der Waals surface area (Å²) in [6, 6.07) is 4.54. The number of fused-ring (bicyclic) bond motifs is 1. The fourth-order valence-electron chi connectivity index (χ4n) is 1.71. The molecule has 1 aromatic heterocycles. The van der Waals surface area contributed by atoms with Crippen LogP contribution in [0.15, 0.2) is 22.7 Å². The number of nitrogens with one attached hydrogen (secondary N) is 1. The van der Waals surface area contributed by atoms with Crippen molar-refractivity contribution in [3.63, 3.8) is 0 Å². The van der Waals surface area contributed by atoms with Gasteiger partial charge in [0.25, 0.3) is 0 Å². The van der Waals surface area contributed by atoms with Crippen LogP contribution >= 0.6 is 0 Å². The normalized spacial score (nSPS) is 17.2. The van der Waals surface area contributed by atoms with Gasteiger partial charge in [0, 0.05) is 30.5 Å². The van der Waals surface area contributed by atoms with Gasteiger partial charge in [-0.2, -0.15) is 0 Å². The van der Waals surface area contributed by atoms with Crippen LogP contribution in [0.25, 0.3) is 11.0 Å². The SMILES string of the molecule is Fc1ccc2c(C3CNC3)noc2c1. The van der Waals surface area contributed by atoms with Gasteiger partial charge in [-0.1, -0.05) is 5.16 Å². The summed E-state index contributed by atoms with van der Waals surface area (Å²) in [4.78, 5) is 0. The molecule has 4 heteroatoms. The molecule has 0 spiro atoms. The second-order valence-electron chi connectivity index (χ2n) is 3.56. The average molecular weight is 192 g/mol. The van der Waals surface area contributed by atoms with Crippen molar-refractivity contribution in [2.45, 2.75) is 5.92 Å². The maximum absolute atomic E-state index is 12.8. The lowest BCUT2D eigenvalue weighted by atomic mass is 9.97. The van der Waals surface area contributed by atoms with Gasteiger partial charge in [-0.25, -0.2) is 4.39 Å². The van der Waals surface area contributed by atoms with E-state index in [2.05, 4.69) is 10.5 Å². The van der Waals surface area contributed by atoms with Crippen molar-refractivity contribution in [2.75, 3.05) is 13.1 Å². The summed E-state index contributed by atoms with van der Waals surface area (Å²) in [5.74, 6) is 0.133. The smallest absolute Gasteiger partial charge is 0.170 e. The zero-order valence-electron chi connectivity index (χ0n) is 7.46. The number of hydrogen-bond acceptors (Lipinski definition) is 3. The van der Waals surface area contributed by atoms with E-state index in [-0.39, 0.29) is 5.82 Å². The summed E-state index contributed by atoms with van der Waals surface area (Å²) < 4.78 is 17.9. The molecule has 2 heterocycles. The van der Waals surface area contributed by atoms with Crippen LogP contribution in [0.3, 0.4) is 0 Å². The molecule has 0 unspecified atom stereocenters. The molecule has 0 saturated carbocycles. The zero-order valence-corrected chi connectivity index (χ0v) is 7.46. The van der Waals surface area contributed by atoms with Crippen LogP contribution in [0, 0.1) is 5.82 Å². The average Bonchev–Trinajstić information content (AvgIpc) is 2.45. The Morgan fingerprint density at radius 1 is 1.43 bits per heavy atom. The molecular weight excluding hydrogens is 183 g/mol. The predicted molar refractivity (Wildman–Crippen MR) is 49.6 cm³/mol. The van der Waals surface area contributed by atoms with Crippen molar-refractivity contribution in [1.29, 1.82) is 0 Å². The summed E-state index contributed by atoms with van der Waals surface area (Å²) in [5.41, 5.74) is 1.48. The highest BCUT2D eigenvalue weighted by Crippen LogP contribution is 2.27. The second kappa shape index (κ2) is 2.78. The molecule has 3 rings (SSSR count). The molecule has 1 saturated heterocycles. The van der Waals surface area contributed by atoms with Crippen LogP contribution in [0.5, 0.6) is 0 Å². The molecule has 0 radical (unpaired) electrons. The minimum Gasteiger partial charge on any atom is -0.356 e. The first-order chi connectivity index (χ1) is 6.84. The van der Waals surface area contributed by atoms with E-state index in [9.17, 15) is 4.39 Å². The summed E-state index contributed by atoms with van der Waals surface area (Å²) in [6.45, 7) is 1.86. The molecule has 3 nitrogen and oxygen atoms in total. The second-order valence-corrected chi connectivity index (χ2v) is 3.56. The monoisotopic (exact) mass is 192 g/mol. The Balaban J connectivity index is 2.16. The van der Waals surface area contributed by atoms with Crippen molar-refractivity contribution in [1.82, 2.24) is 10.5 Å². The van der Waals surface area contributed by atoms with Gasteiger partial charge in [0.15, 0.2) is 5.58 Å². The molecule has 0 bridgehead atoms. The fraction of sp³-hybridized carbons (Fsp3) is 0.300. The maximum atomic E-state index is 12.8. The molecule has 1 aliphatic heterocycles. The van der Waals surface area contributed by atoms with Gasteiger partial charge in [-0.15, -0.1) is 0 Å². The lowest BCUT2D eigenvalue weighted by Crippen LogP contribution is -2.40. The molecule has 2 aromatic rings. The van der Waals surface area contributed by atoms with Crippen molar-refractivity contribution >= 4 is 11.0 Å². The molecule has 72 valence electrons. The standard InChI is InChI=1S/C10H9FN2O/c11-7-1-2-8-9(3-7)14-13-10(8)6-4-12-5-6/h1-3,6,12H,4-5H2. The van der Waals surface area contributed by atoms with E-state index in [0.717, 1.165) is 24.2 Å². The highest BCUT2D eigenvalue weighted by atomic mass is 19.1. The quantitative estimate of drug-likeness (QED) is 0.746. The molecule has 1 N–H and O–H groups in total. The van der Waals surface area contributed by atoms with Gasteiger partial charge >= 0.3 is 0 Å². The van der Waals surface area contributed by atoms with E-state index in [1.807, 2.05) is 0 Å². The lowest BCUT2D eigenvalue weighted by Gasteiger charge is -2.24. The number of nitrogens with zero attached hydrogens (tertiary/aromatic N) is 1. The first kappa shape index (κ1) is 7.94. The van der Waals surface area contributed by atoms with Crippen molar-refractivity contribution < 1.29 is 8.91 Å². The van der Waals surface area contributed by atoms with Gasteiger partial charge in [0.1, 0.15) is 5.82 Å². The third-order valence-electron chi connectivity index (χ3n) is 2.63. The molecule has 1 aliphatic rings. The number of benzene rings is 1. The Hall–Kier alpha value is -1.42. The Labute approximate surface area is 79.9 Å². The van der Waals surface area contributed by atoms with Crippen LogP contribution in [0.1, 0.15) is 11.6 Å². The lowest BCUT2D eigenvalue weighted by molar-refractivity contribution is 0.393. The third kappa shape index (κ3) is 1.04. The minimum atomic E-state index is -0.285. The van der Waals surface area contributed by atoms with E-state index >= 15 is 0 Å². The Morgan fingerprint density at radius 2 is 2.29 bits per heavy atom. The zero-order chi connectivity index (χ0) is 9.54. The number of rotatable bonds is 1. The fourth-order valence-corrected chi connectivity index (χ4v) is 1.71. The van der Waals surface area contributed by atoms with E-state index in [0.29, 0.717) is 11.5 Å². The van der Waals surface area contributed by atoms with Gasteiger partial charge in [-0.05, 0) is 12.1 Å². The van der Waals surface area contributed by atoms with Crippen molar-refractivity contribution in [3.05, 3.63) is 29.7 Å². The molecule has 14 heavy (non-hydrogen) atoms. The largest absolute Gasteiger partial charge is 0.356 e. The highest BCUT2D eigenvalue weighted by molar-refractivity contribution is 5.80. The maximum Gasteiger partial charge on any atom is 0.170 e. The minimum absolute atomic E-state index is 0.285. The molecule has 0 atom stereocenters.